The minimum atomic E-state index is 0.685. The summed E-state index contributed by atoms with van der Waals surface area (Å²) < 4.78 is 0. The molecule has 0 aromatic heterocycles. The highest BCUT2D eigenvalue weighted by Crippen LogP contribution is 2.25. The number of benzene rings is 2. The van der Waals surface area contributed by atoms with E-state index < -0.39 is 0 Å². The second-order valence-electron chi connectivity index (χ2n) is 6.42. The Bertz CT molecular complexity index is 526. The zero-order valence-corrected chi connectivity index (χ0v) is 13.8. The average molecular weight is 282 g/mol. The first-order valence-electron chi connectivity index (χ1n) is 8.80. The van der Waals surface area contributed by atoms with Crippen LogP contribution >= 0.6 is 0 Å². The van der Waals surface area contributed by atoms with Crippen LogP contribution in [0.5, 0.6) is 0 Å². The molecular weight excluding hydrogens is 252 g/mol. The molecule has 0 nitrogen and oxygen atoms in total. The van der Waals surface area contributed by atoms with E-state index in [1.165, 1.54) is 67.7 Å². The fourth-order valence-corrected chi connectivity index (χ4v) is 3.09. The highest BCUT2D eigenvalue weighted by atomic mass is 14.1. The molecule has 0 fully saturated rings. The van der Waals surface area contributed by atoms with Crippen molar-refractivity contribution in [1.29, 1.82) is 0 Å². The van der Waals surface area contributed by atoms with E-state index in [1.807, 2.05) is 0 Å². The van der Waals surface area contributed by atoms with Crippen LogP contribution in [0.1, 0.15) is 76.7 Å². The lowest BCUT2D eigenvalue weighted by Gasteiger charge is -2.12. The predicted octanol–water partition coefficient (Wildman–Crippen LogP) is 7.08. The zero-order valence-electron chi connectivity index (χ0n) is 13.8. The summed E-state index contributed by atoms with van der Waals surface area (Å²) in [4.78, 5) is 0. The smallest absolute Gasteiger partial charge is 0.0181 e. The van der Waals surface area contributed by atoms with Crippen molar-refractivity contribution in [3.05, 3.63) is 48.0 Å². The fourth-order valence-electron chi connectivity index (χ4n) is 3.09. The standard InChI is InChI=1S/C21H30/c1-3-4-5-6-7-8-9-12-18(2)20-16-15-19-13-10-11-14-21(19)17-20/h10-11,13-18H,3-9,12H2,1-2H3. The first-order valence-corrected chi connectivity index (χ1v) is 8.80. The van der Waals surface area contributed by atoms with Crippen LogP contribution in [-0.2, 0) is 0 Å². The van der Waals surface area contributed by atoms with Gasteiger partial charge in [-0.1, -0.05) is 101 Å². The molecule has 0 amide bonds. The van der Waals surface area contributed by atoms with Gasteiger partial charge in [-0.2, -0.15) is 0 Å². The second kappa shape index (κ2) is 8.87. The summed E-state index contributed by atoms with van der Waals surface area (Å²) >= 11 is 0. The van der Waals surface area contributed by atoms with Crippen LogP contribution in [0.25, 0.3) is 10.8 Å². The molecule has 0 bridgehead atoms. The average Bonchev–Trinajstić information content (AvgIpc) is 2.53. The Morgan fingerprint density at radius 3 is 2.19 bits per heavy atom. The maximum absolute atomic E-state index is 2.38. The Labute approximate surface area is 130 Å². The van der Waals surface area contributed by atoms with Gasteiger partial charge in [-0.3, -0.25) is 0 Å². The number of fused-ring (bicyclic) bond motifs is 1. The van der Waals surface area contributed by atoms with E-state index in [4.69, 9.17) is 0 Å². The summed E-state index contributed by atoms with van der Waals surface area (Å²) in [5, 5.41) is 2.73. The van der Waals surface area contributed by atoms with E-state index in [-0.39, 0.29) is 0 Å². The van der Waals surface area contributed by atoms with E-state index in [0.717, 1.165) is 0 Å². The van der Waals surface area contributed by atoms with Crippen molar-refractivity contribution in [3.8, 4) is 0 Å². The molecular formula is C21H30. The van der Waals surface area contributed by atoms with Gasteiger partial charge in [0.2, 0.25) is 0 Å². The fraction of sp³-hybridized carbons (Fsp3) is 0.524. The van der Waals surface area contributed by atoms with Crippen LogP contribution < -0.4 is 0 Å². The third kappa shape index (κ3) is 5.19. The number of hydrogen-bond acceptors (Lipinski definition) is 0. The summed E-state index contributed by atoms with van der Waals surface area (Å²) in [5.74, 6) is 0.685. The normalized spacial score (nSPS) is 12.7. The van der Waals surface area contributed by atoms with E-state index in [1.54, 1.807) is 0 Å². The van der Waals surface area contributed by atoms with Gasteiger partial charge in [0.15, 0.2) is 0 Å². The zero-order chi connectivity index (χ0) is 14.9. The molecule has 1 unspecified atom stereocenters. The molecule has 0 spiro atoms. The number of hydrogen-bond donors (Lipinski definition) is 0. The third-order valence-electron chi connectivity index (χ3n) is 4.58. The minimum absolute atomic E-state index is 0.685. The van der Waals surface area contributed by atoms with Gasteiger partial charge in [-0.05, 0) is 28.7 Å². The Balaban J connectivity index is 1.75. The molecule has 0 aliphatic heterocycles. The van der Waals surface area contributed by atoms with E-state index in [9.17, 15) is 0 Å². The summed E-state index contributed by atoms with van der Waals surface area (Å²) in [6.45, 7) is 4.66. The van der Waals surface area contributed by atoms with Crippen LogP contribution in [-0.4, -0.2) is 0 Å². The lowest BCUT2D eigenvalue weighted by molar-refractivity contribution is 0.549. The van der Waals surface area contributed by atoms with E-state index >= 15 is 0 Å². The van der Waals surface area contributed by atoms with Crippen molar-refractivity contribution in [3.63, 3.8) is 0 Å². The van der Waals surface area contributed by atoms with Gasteiger partial charge >= 0.3 is 0 Å². The molecule has 1 atom stereocenters. The van der Waals surface area contributed by atoms with Crippen molar-refractivity contribution in [2.75, 3.05) is 0 Å². The third-order valence-corrected chi connectivity index (χ3v) is 4.58. The Morgan fingerprint density at radius 1 is 0.762 bits per heavy atom. The molecule has 21 heavy (non-hydrogen) atoms. The summed E-state index contributed by atoms with van der Waals surface area (Å²) in [5.41, 5.74) is 1.50. The molecule has 0 aliphatic carbocycles. The second-order valence-corrected chi connectivity index (χ2v) is 6.42. The first-order chi connectivity index (χ1) is 10.3. The molecule has 0 saturated heterocycles. The molecule has 0 saturated carbocycles. The van der Waals surface area contributed by atoms with Crippen LogP contribution in [0.15, 0.2) is 42.5 Å². The molecule has 114 valence electrons. The predicted molar refractivity (Wildman–Crippen MR) is 95.0 cm³/mol. The number of rotatable bonds is 9. The van der Waals surface area contributed by atoms with Crippen molar-refractivity contribution < 1.29 is 0 Å². The van der Waals surface area contributed by atoms with Crippen LogP contribution in [0, 0.1) is 0 Å². The molecule has 0 aliphatic rings. The molecule has 0 N–H and O–H groups in total. The quantitative estimate of drug-likeness (QED) is 0.431. The van der Waals surface area contributed by atoms with Gasteiger partial charge in [-0.15, -0.1) is 0 Å². The van der Waals surface area contributed by atoms with Gasteiger partial charge in [0, 0.05) is 0 Å². The highest BCUT2D eigenvalue weighted by molar-refractivity contribution is 5.83. The maximum Gasteiger partial charge on any atom is -0.0181 e. The topological polar surface area (TPSA) is 0 Å². The van der Waals surface area contributed by atoms with E-state index in [2.05, 4.69) is 56.3 Å². The van der Waals surface area contributed by atoms with Gasteiger partial charge in [0.1, 0.15) is 0 Å². The van der Waals surface area contributed by atoms with E-state index in [0.29, 0.717) is 5.92 Å². The first kappa shape index (κ1) is 16.1. The summed E-state index contributed by atoms with van der Waals surface area (Å²) in [6, 6.07) is 15.6. The van der Waals surface area contributed by atoms with Crippen molar-refractivity contribution in [2.45, 2.75) is 71.1 Å². The minimum Gasteiger partial charge on any atom is -0.0654 e. The van der Waals surface area contributed by atoms with Gasteiger partial charge in [0.25, 0.3) is 0 Å². The molecule has 0 heteroatoms. The van der Waals surface area contributed by atoms with Crippen LogP contribution in [0.3, 0.4) is 0 Å². The van der Waals surface area contributed by atoms with Gasteiger partial charge in [-0.25, -0.2) is 0 Å². The lowest BCUT2D eigenvalue weighted by Crippen LogP contribution is -1.94. The summed E-state index contributed by atoms with van der Waals surface area (Å²) in [6.07, 6.45) is 11.1. The van der Waals surface area contributed by atoms with Crippen molar-refractivity contribution in [1.82, 2.24) is 0 Å². The molecule has 2 aromatic carbocycles. The molecule has 2 aromatic rings. The Hall–Kier alpha value is -1.30. The molecule has 0 heterocycles. The number of unbranched alkanes of at least 4 members (excludes halogenated alkanes) is 6. The Morgan fingerprint density at radius 2 is 1.43 bits per heavy atom. The maximum atomic E-state index is 2.38. The largest absolute Gasteiger partial charge is 0.0654 e. The van der Waals surface area contributed by atoms with Crippen molar-refractivity contribution >= 4 is 10.8 Å². The monoisotopic (exact) mass is 282 g/mol. The lowest BCUT2D eigenvalue weighted by atomic mass is 9.93. The van der Waals surface area contributed by atoms with Gasteiger partial charge < -0.3 is 0 Å². The highest BCUT2D eigenvalue weighted by Gasteiger charge is 2.06. The van der Waals surface area contributed by atoms with Gasteiger partial charge in [0.05, 0.1) is 0 Å². The summed E-state index contributed by atoms with van der Waals surface area (Å²) in [7, 11) is 0. The van der Waals surface area contributed by atoms with Crippen LogP contribution in [0.2, 0.25) is 0 Å². The van der Waals surface area contributed by atoms with Crippen molar-refractivity contribution in [2.24, 2.45) is 0 Å². The molecule has 2 rings (SSSR count). The SMILES string of the molecule is CCCCCCCCCC(C)c1ccc2ccccc2c1. The molecule has 0 radical (unpaired) electrons. The Kier molecular flexibility index (Phi) is 6.79. The van der Waals surface area contributed by atoms with Crippen LogP contribution in [0.4, 0.5) is 0 Å².